The summed E-state index contributed by atoms with van der Waals surface area (Å²) in [6.45, 7) is 10.1. The predicted molar refractivity (Wildman–Crippen MR) is 434 cm³/mol. The van der Waals surface area contributed by atoms with E-state index in [1.165, 1.54) is 25.2 Å². The Kier molecular flexibility index (Phi) is 36.2. The first kappa shape index (κ1) is 101. The lowest BCUT2D eigenvalue weighted by molar-refractivity contribution is -0.225. The van der Waals surface area contributed by atoms with E-state index in [9.17, 15) is 108 Å². The summed E-state index contributed by atoms with van der Waals surface area (Å²) in [6, 6.07) is 27.6. The molecule has 0 unspecified atom stereocenters. The second-order valence-electron chi connectivity index (χ2n) is 33.8. The predicted octanol–water partition coefficient (Wildman–Crippen LogP) is 22.8. The Morgan fingerprint density at radius 2 is 0.669 bits per heavy atom. The van der Waals surface area contributed by atoms with E-state index in [1.54, 1.807) is 33.1 Å². The number of hydrogen-bond acceptors (Lipinski definition) is 6. The Bertz CT molecular complexity index is 4720. The number of amides is 6. The molecule has 30 heteroatoms. The van der Waals surface area contributed by atoms with Crippen LogP contribution in [-0.4, -0.2) is 113 Å². The van der Waals surface area contributed by atoms with Gasteiger partial charge in [-0.1, -0.05) is 153 Å². The second-order valence-corrected chi connectivity index (χ2v) is 33.8. The summed E-state index contributed by atoms with van der Waals surface area (Å²) in [7, 11) is 9.31. The molecule has 6 amide bonds. The fourth-order valence-corrected chi connectivity index (χ4v) is 16.9. The molecule has 5 fully saturated rings. The summed E-state index contributed by atoms with van der Waals surface area (Å²) in [6.07, 6.45) is 11.2. The molecular weight excluding hydrogens is 1650 g/mol. The van der Waals surface area contributed by atoms with Crippen LogP contribution in [0.5, 0.6) is 0 Å². The highest BCUT2D eigenvalue weighted by molar-refractivity contribution is 5.89. The molecule has 0 aromatic heterocycles. The van der Waals surface area contributed by atoms with Crippen molar-refractivity contribution in [2.75, 3.05) is 42.3 Å². The van der Waals surface area contributed by atoms with Crippen molar-refractivity contribution < 1.29 is 108 Å². The lowest BCUT2D eigenvalue weighted by Crippen LogP contribution is -2.49. The molecule has 5 aliphatic rings. The van der Waals surface area contributed by atoms with Gasteiger partial charge in [0.2, 0.25) is 35.4 Å². The molecule has 0 aliphatic heterocycles. The van der Waals surface area contributed by atoms with Gasteiger partial charge in [-0.25, -0.2) is 65.9 Å². The number of carbonyl (C=O) groups excluding carboxylic acids is 6. The quantitative estimate of drug-likeness (QED) is 0.0378. The first-order valence-electron chi connectivity index (χ1n) is 41.6. The normalized spacial score (nSPS) is 15.9. The zero-order valence-electron chi connectivity index (χ0n) is 71.9. The van der Waals surface area contributed by atoms with Crippen LogP contribution in [0.25, 0.3) is 0 Å². The number of nitrogens with zero attached hydrogens (tertiary/aromatic N) is 6. The van der Waals surface area contributed by atoms with Gasteiger partial charge in [0.1, 0.15) is 17.0 Å². The zero-order chi connectivity index (χ0) is 92.1. The highest BCUT2D eigenvalue weighted by Crippen LogP contribution is 2.52. The average molecular weight is 1760 g/mol. The maximum absolute atomic E-state index is 13.9. The average Bonchev–Trinajstić information content (AvgIpc) is 1.57. The third-order valence-corrected chi connectivity index (χ3v) is 24.6. The summed E-state index contributed by atoms with van der Waals surface area (Å²) in [5.74, 6) is -20.0. The molecule has 12 nitrogen and oxygen atoms in total. The van der Waals surface area contributed by atoms with Crippen molar-refractivity contribution in [1.29, 1.82) is 0 Å². The van der Waals surface area contributed by atoms with Crippen molar-refractivity contribution in [3.8, 4) is 0 Å². The van der Waals surface area contributed by atoms with Gasteiger partial charge >= 0.3 is 6.18 Å². The Labute approximate surface area is 713 Å². The molecule has 12 rings (SSSR count). The molecular formula is C94H110F18N6O6. The number of rotatable bonds is 22. The number of benzene rings is 7. The van der Waals surface area contributed by atoms with Gasteiger partial charge < -0.3 is 29.4 Å². The van der Waals surface area contributed by atoms with E-state index >= 15 is 0 Å². The largest absolute Gasteiger partial charge is 0.403 e. The van der Waals surface area contributed by atoms with E-state index in [4.69, 9.17) is 0 Å². The van der Waals surface area contributed by atoms with Gasteiger partial charge in [-0.05, 0) is 160 Å². The number of hydrogen-bond donors (Lipinski definition) is 0. The minimum absolute atomic E-state index is 0.00334. The molecule has 0 N–H and O–H groups in total. The van der Waals surface area contributed by atoms with Crippen LogP contribution >= 0.6 is 0 Å². The number of likely N-dealkylation sites (N-methyl/N-ethyl adjacent to an activating group) is 1. The smallest absolute Gasteiger partial charge is 0.341 e. The van der Waals surface area contributed by atoms with Gasteiger partial charge in [-0.15, -0.1) is 0 Å². The van der Waals surface area contributed by atoms with Crippen LogP contribution in [0.15, 0.2) is 121 Å². The summed E-state index contributed by atoms with van der Waals surface area (Å²) >= 11 is 0. The summed E-state index contributed by atoms with van der Waals surface area (Å²) in [4.78, 5) is 82.9. The molecule has 678 valence electrons. The molecule has 7 aromatic rings. The van der Waals surface area contributed by atoms with Crippen LogP contribution in [0.2, 0.25) is 0 Å². The van der Waals surface area contributed by atoms with Crippen molar-refractivity contribution >= 4 is 35.4 Å². The van der Waals surface area contributed by atoms with E-state index in [1.807, 2.05) is 102 Å². The first-order valence-corrected chi connectivity index (χ1v) is 41.6. The number of carbonyl (C=O) groups is 6. The molecule has 0 atom stereocenters. The van der Waals surface area contributed by atoms with Crippen LogP contribution in [0.4, 0.5) is 79.0 Å². The minimum Gasteiger partial charge on any atom is -0.341 e. The standard InChI is InChI=1S/C20H20F3NO.C16H20F3NO.C15H15F6NO.C15H18F3NO.C14H16F3NO.C14H21NO/c1-24(13-14-11-16(21)12-17(22)18(14)23)19(25)20(9-5-6-10-20)15-7-3-2-4-8-15;1-3-16(6-4-5-7-16)15(21)20(2)10-11-8-12(17)14(19)13(18)9-11;1-22(8-9-6-10(16)7-11(17)12(9)18)13(23)14(15(19,20)21)4-2-3-5-14;1-3-15(5-4-6-15)14(20)19(2)9-10-7-11(16)13(18)12(17)8-10;1-18(14(19)10-4-2-3-5-10)8-9-6-11(15)13(17)12(16)7-9;1-5-14(2,3)13(16)15(4)11-12-9-7-6-8-10-12/h2-4,7-8,11-12H,5-6,9-10,13H2,1H3;8-9H,3-7,10H2,1-2H3;6-7H,2-5,8H2,1H3;7-8H,3-6,9H2,1-2H3;6-7,10H,2-5,8H2,1H3;6-10H,5,11H2,1-4H3. The van der Waals surface area contributed by atoms with Gasteiger partial charge in [0.15, 0.2) is 75.6 Å². The van der Waals surface area contributed by atoms with Gasteiger partial charge in [-0.3, -0.25) is 28.8 Å². The van der Waals surface area contributed by atoms with Crippen LogP contribution in [-0.2, 0) is 73.5 Å². The molecule has 124 heavy (non-hydrogen) atoms. The second kappa shape index (κ2) is 44.3. The van der Waals surface area contributed by atoms with Gasteiger partial charge in [-0.2, -0.15) is 13.2 Å². The van der Waals surface area contributed by atoms with E-state index in [0.717, 1.165) is 171 Å². The van der Waals surface area contributed by atoms with Crippen LogP contribution in [0.3, 0.4) is 0 Å². The highest BCUT2D eigenvalue weighted by Gasteiger charge is 2.62. The van der Waals surface area contributed by atoms with Crippen LogP contribution < -0.4 is 0 Å². The number of alkyl halides is 3. The maximum atomic E-state index is 13.9. The fourth-order valence-electron chi connectivity index (χ4n) is 16.9. The number of halogens is 18. The topological polar surface area (TPSA) is 122 Å². The molecule has 7 aromatic carbocycles. The molecule has 5 aliphatic carbocycles. The monoisotopic (exact) mass is 1760 g/mol. The molecule has 0 spiro atoms. The Hall–Kier alpha value is -9.90. The molecule has 0 radical (unpaired) electrons. The van der Waals surface area contributed by atoms with Crippen LogP contribution in [0, 0.1) is 115 Å². The third kappa shape index (κ3) is 25.2. The lowest BCUT2D eigenvalue weighted by atomic mass is 9.66. The van der Waals surface area contributed by atoms with Crippen LogP contribution in [0.1, 0.15) is 215 Å². The van der Waals surface area contributed by atoms with E-state index in [2.05, 4.69) is 0 Å². The first-order chi connectivity index (χ1) is 58.3. The van der Waals surface area contributed by atoms with E-state index in [-0.39, 0.29) is 126 Å². The lowest BCUT2D eigenvalue weighted by Gasteiger charge is -2.42. The van der Waals surface area contributed by atoms with E-state index in [0.29, 0.717) is 29.6 Å². The Morgan fingerprint density at radius 1 is 0.347 bits per heavy atom. The van der Waals surface area contributed by atoms with Gasteiger partial charge in [0.05, 0.1) is 5.41 Å². The summed E-state index contributed by atoms with van der Waals surface area (Å²) < 4.78 is 238. The van der Waals surface area contributed by atoms with Gasteiger partial charge in [0.25, 0.3) is 0 Å². The Morgan fingerprint density at radius 3 is 1.02 bits per heavy atom. The molecule has 0 saturated heterocycles. The van der Waals surface area contributed by atoms with Crippen molar-refractivity contribution in [2.45, 2.75) is 227 Å². The Balaban J connectivity index is 0.000000205. The minimum atomic E-state index is -4.72. The van der Waals surface area contributed by atoms with Gasteiger partial charge in [0, 0.05) is 127 Å². The maximum Gasteiger partial charge on any atom is 0.403 e. The van der Waals surface area contributed by atoms with Crippen molar-refractivity contribution in [3.05, 3.63) is 248 Å². The van der Waals surface area contributed by atoms with Crippen molar-refractivity contribution in [1.82, 2.24) is 29.4 Å². The molecule has 0 heterocycles. The third-order valence-electron chi connectivity index (χ3n) is 24.6. The van der Waals surface area contributed by atoms with E-state index < -0.39 is 122 Å². The zero-order valence-corrected chi connectivity index (χ0v) is 71.9. The summed E-state index contributed by atoms with van der Waals surface area (Å²) in [5.41, 5.74) is -1.84. The van der Waals surface area contributed by atoms with Crippen molar-refractivity contribution in [2.24, 2.45) is 27.6 Å². The molecule has 0 bridgehead atoms. The summed E-state index contributed by atoms with van der Waals surface area (Å²) in [5, 5.41) is 0. The SMILES string of the molecule is CCC(C)(C)C(=O)N(C)Cc1ccccc1.CCC1(C(=O)N(C)Cc2cc(F)c(F)c(F)c2)CCC1.CCC1(C(=O)N(C)Cc2cc(F)c(F)c(F)c2)CCCC1.CN(Cc1cc(F)c(F)c(F)c1)C(=O)C1CCCC1.CN(Cc1cc(F)cc(F)c1F)C(=O)C1(C(F)(F)F)CCCC1.CN(Cc1cc(F)cc(F)c1F)C(=O)C1(c2ccccc2)CCCC1. The molecule has 5 saturated carbocycles. The van der Waals surface area contributed by atoms with Crippen molar-refractivity contribution in [3.63, 3.8) is 0 Å². The highest BCUT2D eigenvalue weighted by atomic mass is 19.4. The fraction of sp³-hybridized carbons (Fsp3) is 0.489.